The molecule has 0 radical (unpaired) electrons. The zero-order valence-electron chi connectivity index (χ0n) is 4.01. The normalized spacial score (nSPS) is 11.4. The highest BCUT2D eigenvalue weighted by molar-refractivity contribution is 5.47. The first kappa shape index (κ1) is 5.96. The van der Waals surface area contributed by atoms with E-state index in [2.05, 4.69) is 5.32 Å². The molecule has 3 nitrogen and oxygen atoms in total. The lowest BCUT2D eigenvalue weighted by Gasteiger charge is -1.93. The topological polar surface area (TPSA) is 52.9 Å². The van der Waals surface area contributed by atoms with Gasteiger partial charge in [-0.05, 0) is 6.92 Å². The van der Waals surface area contributed by atoms with Gasteiger partial charge in [-0.1, -0.05) is 0 Å². The Balaban J connectivity index is 3.21. The van der Waals surface area contributed by atoms with Crippen molar-refractivity contribution in [1.82, 2.24) is 5.32 Å². The molecule has 0 aliphatic heterocycles. The van der Waals surface area contributed by atoms with Crippen LogP contribution in [0, 0.1) is 11.3 Å². The molecule has 0 rings (SSSR count). The van der Waals surface area contributed by atoms with Crippen LogP contribution in [0.2, 0.25) is 0 Å². The van der Waals surface area contributed by atoms with Crippen LogP contribution in [0.4, 0.5) is 0 Å². The number of rotatable bonds is 2. The second-order valence-electron chi connectivity index (χ2n) is 1.14. The van der Waals surface area contributed by atoms with Gasteiger partial charge in [0.05, 0.1) is 6.07 Å². The maximum atomic E-state index is 9.51. The number of carbonyl (C=O) groups excluding carboxylic acids is 1. The standard InChI is InChI=1S/C4H6N2O/c1-4(2-5)6-3-7/h3-4H,1H3,(H,6,7)/t4-/m0/s1. The minimum absolute atomic E-state index is 0.363. The molecule has 0 unspecified atom stereocenters. The molecule has 0 saturated carbocycles. The fraction of sp³-hybridized carbons (Fsp3) is 0.500. The van der Waals surface area contributed by atoms with Gasteiger partial charge < -0.3 is 5.32 Å². The zero-order chi connectivity index (χ0) is 5.70. The average molecular weight is 98.1 g/mol. The lowest BCUT2D eigenvalue weighted by atomic mass is 10.4. The van der Waals surface area contributed by atoms with Crippen LogP contribution >= 0.6 is 0 Å². The Morgan fingerprint density at radius 3 is 2.71 bits per heavy atom. The summed E-state index contributed by atoms with van der Waals surface area (Å²) in [6.45, 7) is 1.61. The van der Waals surface area contributed by atoms with Crippen molar-refractivity contribution in [3.63, 3.8) is 0 Å². The third-order valence-corrected chi connectivity index (χ3v) is 0.512. The highest BCUT2D eigenvalue weighted by Gasteiger charge is 1.89. The van der Waals surface area contributed by atoms with Gasteiger partial charge in [0, 0.05) is 0 Å². The first-order chi connectivity index (χ1) is 3.31. The van der Waals surface area contributed by atoms with E-state index in [1.807, 2.05) is 6.07 Å². The Morgan fingerprint density at radius 1 is 2.00 bits per heavy atom. The fourth-order valence-electron chi connectivity index (χ4n) is 0.139. The first-order valence-corrected chi connectivity index (χ1v) is 1.90. The van der Waals surface area contributed by atoms with E-state index in [-0.39, 0.29) is 6.04 Å². The van der Waals surface area contributed by atoms with Crippen LogP contribution in [0.5, 0.6) is 0 Å². The Kier molecular flexibility index (Phi) is 2.69. The minimum Gasteiger partial charge on any atom is -0.343 e. The van der Waals surface area contributed by atoms with Gasteiger partial charge in [-0.15, -0.1) is 0 Å². The SMILES string of the molecule is C[C@@H](C#N)NC=O. The Hall–Kier alpha value is -1.04. The highest BCUT2D eigenvalue weighted by atomic mass is 16.1. The van der Waals surface area contributed by atoms with Crippen molar-refractivity contribution in [2.24, 2.45) is 0 Å². The molecule has 0 fully saturated rings. The fourth-order valence-corrected chi connectivity index (χ4v) is 0.139. The molecule has 1 N–H and O–H groups in total. The van der Waals surface area contributed by atoms with E-state index >= 15 is 0 Å². The third-order valence-electron chi connectivity index (χ3n) is 0.512. The second kappa shape index (κ2) is 3.16. The quantitative estimate of drug-likeness (QED) is 0.480. The van der Waals surface area contributed by atoms with Crippen molar-refractivity contribution in [2.45, 2.75) is 13.0 Å². The van der Waals surface area contributed by atoms with Crippen LogP contribution in [0.15, 0.2) is 0 Å². The number of hydrogen-bond acceptors (Lipinski definition) is 2. The molecule has 1 amide bonds. The van der Waals surface area contributed by atoms with E-state index < -0.39 is 0 Å². The average Bonchev–Trinajstić information content (AvgIpc) is 1.68. The lowest BCUT2D eigenvalue weighted by molar-refractivity contribution is -0.109. The smallest absolute Gasteiger partial charge is 0.208 e. The summed E-state index contributed by atoms with van der Waals surface area (Å²) in [5.41, 5.74) is 0. The number of carbonyl (C=O) groups is 1. The number of nitrogens with one attached hydrogen (secondary N) is 1. The molecule has 38 valence electrons. The molecule has 0 aromatic carbocycles. The van der Waals surface area contributed by atoms with Crippen LogP contribution < -0.4 is 5.32 Å². The summed E-state index contributed by atoms with van der Waals surface area (Å²) in [4.78, 5) is 9.51. The summed E-state index contributed by atoms with van der Waals surface area (Å²) in [7, 11) is 0. The summed E-state index contributed by atoms with van der Waals surface area (Å²) in [6, 6.07) is 1.46. The van der Waals surface area contributed by atoms with Crippen LogP contribution in [0.25, 0.3) is 0 Å². The maximum Gasteiger partial charge on any atom is 0.208 e. The van der Waals surface area contributed by atoms with E-state index in [0.717, 1.165) is 0 Å². The number of nitriles is 1. The maximum absolute atomic E-state index is 9.51. The molecule has 0 aromatic rings. The Bertz CT molecular complexity index is 94.4. The molecular formula is C4H6N2O. The largest absolute Gasteiger partial charge is 0.343 e. The molecule has 7 heavy (non-hydrogen) atoms. The Morgan fingerprint density at radius 2 is 2.57 bits per heavy atom. The van der Waals surface area contributed by atoms with Gasteiger partial charge in [0.15, 0.2) is 0 Å². The minimum atomic E-state index is -0.363. The summed E-state index contributed by atoms with van der Waals surface area (Å²) in [6.07, 6.45) is 0.508. The van der Waals surface area contributed by atoms with Gasteiger partial charge in [-0.3, -0.25) is 4.79 Å². The van der Waals surface area contributed by atoms with E-state index in [0.29, 0.717) is 6.41 Å². The van der Waals surface area contributed by atoms with Crippen molar-refractivity contribution in [3.05, 3.63) is 0 Å². The summed E-state index contributed by atoms with van der Waals surface area (Å²) in [5, 5.41) is 10.2. The van der Waals surface area contributed by atoms with Gasteiger partial charge in [-0.2, -0.15) is 5.26 Å². The molecule has 3 heteroatoms. The summed E-state index contributed by atoms with van der Waals surface area (Å²) in [5.74, 6) is 0. The van der Waals surface area contributed by atoms with Gasteiger partial charge in [0.1, 0.15) is 6.04 Å². The number of amides is 1. The summed E-state index contributed by atoms with van der Waals surface area (Å²) < 4.78 is 0. The molecular weight excluding hydrogens is 92.1 g/mol. The lowest BCUT2D eigenvalue weighted by Crippen LogP contribution is -2.21. The molecule has 0 heterocycles. The van der Waals surface area contributed by atoms with Crippen LogP contribution in [-0.2, 0) is 4.79 Å². The molecule has 0 spiro atoms. The van der Waals surface area contributed by atoms with Crippen molar-refractivity contribution in [1.29, 1.82) is 5.26 Å². The van der Waals surface area contributed by atoms with Gasteiger partial charge in [-0.25, -0.2) is 0 Å². The van der Waals surface area contributed by atoms with E-state index in [1.54, 1.807) is 6.92 Å². The van der Waals surface area contributed by atoms with Crippen molar-refractivity contribution in [2.75, 3.05) is 0 Å². The van der Waals surface area contributed by atoms with Crippen LogP contribution in [-0.4, -0.2) is 12.5 Å². The van der Waals surface area contributed by atoms with E-state index in [4.69, 9.17) is 5.26 Å². The van der Waals surface area contributed by atoms with Crippen molar-refractivity contribution in [3.8, 4) is 6.07 Å². The first-order valence-electron chi connectivity index (χ1n) is 1.90. The molecule has 1 atom stereocenters. The molecule has 0 aromatic heterocycles. The van der Waals surface area contributed by atoms with Gasteiger partial charge in [0.2, 0.25) is 6.41 Å². The number of hydrogen-bond donors (Lipinski definition) is 1. The highest BCUT2D eigenvalue weighted by Crippen LogP contribution is 1.68. The third kappa shape index (κ3) is 2.77. The van der Waals surface area contributed by atoms with E-state index in [9.17, 15) is 4.79 Å². The zero-order valence-corrected chi connectivity index (χ0v) is 4.01. The Labute approximate surface area is 41.9 Å². The number of nitrogens with zero attached hydrogens (tertiary/aromatic N) is 1. The van der Waals surface area contributed by atoms with Crippen molar-refractivity contribution >= 4 is 6.41 Å². The summed E-state index contributed by atoms with van der Waals surface area (Å²) >= 11 is 0. The monoisotopic (exact) mass is 98.0 g/mol. The molecule has 0 aliphatic rings. The van der Waals surface area contributed by atoms with Gasteiger partial charge in [0.25, 0.3) is 0 Å². The second-order valence-corrected chi connectivity index (χ2v) is 1.14. The van der Waals surface area contributed by atoms with Crippen LogP contribution in [0.1, 0.15) is 6.92 Å². The van der Waals surface area contributed by atoms with Crippen molar-refractivity contribution < 1.29 is 4.79 Å². The van der Waals surface area contributed by atoms with E-state index in [1.165, 1.54) is 0 Å². The predicted octanol–water partition coefficient (Wildman–Crippen LogP) is -0.356. The molecule has 0 bridgehead atoms. The molecule has 0 aliphatic carbocycles. The van der Waals surface area contributed by atoms with Crippen LogP contribution in [0.3, 0.4) is 0 Å². The predicted molar refractivity (Wildman–Crippen MR) is 24.3 cm³/mol. The van der Waals surface area contributed by atoms with Gasteiger partial charge >= 0.3 is 0 Å². The molecule has 0 saturated heterocycles.